The van der Waals surface area contributed by atoms with E-state index in [4.69, 9.17) is 0 Å². The van der Waals surface area contributed by atoms with Crippen LogP contribution in [-0.4, -0.2) is 73.0 Å². The molecular formula is C20H25N7O3. The molecule has 1 saturated carbocycles. The number of aryl methyl sites for hydroxylation is 1. The van der Waals surface area contributed by atoms with Gasteiger partial charge in [0.15, 0.2) is 17.0 Å². The molecule has 10 nitrogen and oxygen atoms in total. The zero-order chi connectivity index (χ0) is 21.4. The fourth-order valence-electron chi connectivity index (χ4n) is 3.99. The van der Waals surface area contributed by atoms with Crippen LogP contribution in [0.1, 0.15) is 34.9 Å². The molecule has 0 aromatic carbocycles. The van der Waals surface area contributed by atoms with Crippen LogP contribution in [0.3, 0.4) is 0 Å². The number of aliphatic hydroxyl groups excluding tert-OH is 2. The van der Waals surface area contributed by atoms with Crippen LogP contribution >= 0.6 is 0 Å². The minimum atomic E-state index is -1.13. The highest BCUT2D eigenvalue weighted by atomic mass is 16.3. The van der Waals surface area contributed by atoms with Crippen molar-refractivity contribution in [2.45, 2.75) is 44.1 Å². The van der Waals surface area contributed by atoms with Crippen LogP contribution in [0.5, 0.6) is 0 Å². The minimum absolute atomic E-state index is 0.315. The molecule has 1 aliphatic rings. The first-order valence-electron chi connectivity index (χ1n) is 9.82. The van der Waals surface area contributed by atoms with E-state index in [0.29, 0.717) is 35.5 Å². The Balaban J connectivity index is 1.54. The smallest absolute Gasteiger partial charge is 0.270 e. The van der Waals surface area contributed by atoms with Crippen LogP contribution in [0.4, 0.5) is 5.82 Å². The van der Waals surface area contributed by atoms with Gasteiger partial charge >= 0.3 is 0 Å². The summed E-state index contributed by atoms with van der Waals surface area (Å²) in [5.74, 6) is 0.319. The Morgan fingerprint density at radius 2 is 1.97 bits per heavy atom. The molecule has 1 amide bonds. The normalized spacial score (nSPS) is 24.0. The molecule has 0 aliphatic heterocycles. The summed E-state index contributed by atoms with van der Waals surface area (Å²) in [7, 11) is 3.74. The zero-order valence-electron chi connectivity index (χ0n) is 17.1. The van der Waals surface area contributed by atoms with E-state index >= 15 is 0 Å². The van der Waals surface area contributed by atoms with Gasteiger partial charge in [-0.15, -0.1) is 0 Å². The van der Waals surface area contributed by atoms with Crippen LogP contribution in [0, 0.1) is 6.92 Å². The highest BCUT2D eigenvalue weighted by Gasteiger charge is 2.40. The van der Waals surface area contributed by atoms with Gasteiger partial charge in [0, 0.05) is 20.3 Å². The Morgan fingerprint density at radius 3 is 2.70 bits per heavy atom. The number of amides is 1. The molecule has 1 aliphatic carbocycles. The summed E-state index contributed by atoms with van der Waals surface area (Å²) in [5, 5.41) is 24.4. The number of anilines is 1. The molecule has 0 radical (unpaired) electrons. The number of fused-ring (bicyclic) bond motifs is 1. The molecule has 10 heteroatoms. The van der Waals surface area contributed by atoms with Gasteiger partial charge < -0.3 is 25.0 Å². The minimum Gasteiger partial charge on any atom is -0.388 e. The number of carbonyl (C=O) groups excluding carboxylic acids is 1. The third-order valence-corrected chi connectivity index (χ3v) is 5.59. The number of nitrogens with zero attached hydrogens (tertiary/aromatic N) is 6. The summed E-state index contributed by atoms with van der Waals surface area (Å²) in [4.78, 5) is 31.5. The van der Waals surface area contributed by atoms with Gasteiger partial charge in [-0.1, -0.05) is 6.07 Å². The van der Waals surface area contributed by atoms with Crippen LogP contribution in [0.2, 0.25) is 0 Å². The molecular weight excluding hydrogens is 386 g/mol. The molecule has 1 fully saturated rings. The molecule has 4 rings (SSSR count). The molecule has 0 spiro atoms. The lowest BCUT2D eigenvalue weighted by molar-refractivity contribution is -0.0553. The standard InChI is InChI=1S/C20H25N7O3/c1-11-5-4-8-21-14(11)20(30)25-12-6-7-13(17(29)16(12)28)27-10-24-15-18(26(2)3)22-9-23-19(15)27/h4-5,8-10,12-13,16-17,28-29H,6-7H2,1-3H3,(H,25,30)/t12-,13-,16-,17-/m1/s1. The Labute approximate surface area is 173 Å². The van der Waals surface area contributed by atoms with Crippen molar-refractivity contribution in [3.63, 3.8) is 0 Å². The molecule has 30 heavy (non-hydrogen) atoms. The lowest BCUT2D eigenvalue weighted by Gasteiger charge is -2.38. The average Bonchev–Trinajstić information content (AvgIpc) is 3.15. The summed E-state index contributed by atoms with van der Waals surface area (Å²) in [5.41, 5.74) is 2.29. The maximum absolute atomic E-state index is 12.6. The number of aliphatic hydroxyl groups is 2. The van der Waals surface area contributed by atoms with Crippen molar-refractivity contribution in [3.8, 4) is 0 Å². The van der Waals surface area contributed by atoms with E-state index in [1.807, 2.05) is 19.0 Å². The first-order chi connectivity index (χ1) is 14.4. The third-order valence-electron chi connectivity index (χ3n) is 5.59. The van der Waals surface area contributed by atoms with E-state index in [1.165, 1.54) is 6.33 Å². The van der Waals surface area contributed by atoms with Crippen LogP contribution < -0.4 is 10.2 Å². The van der Waals surface area contributed by atoms with Gasteiger partial charge in [-0.05, 0) is 31.4 Å². The van der Waals surface area contributed by atoms with E-state index in [9.17, 15) is 15.0 Å². The highest BCUT2D eigenvalue weighted by Crippen LogP contribution is 2.32. The monoisotopic (exact) mass is 411 g/mol. The van der Waals surface area contributed by atoms with Crippen molar-refractivity contribution < 1.29 is 15.0 Å². The topological polar surface area (TPSA) is 129 Å². The number of hydrogen-bond donors (Lipinski definition) is 3. The summed E-state index contributed by atoms with van der Waals surface area (Å²) in [6.07, 6.45) is 3.43. The van der Waals surface area contributed by atoms with Gasteiger partial charge in [0.1, 0.15) is 24.2 Å². The van der Waals surface area contributed by atoms with Crippen molar-refractivity contribution >= 4 is 22.9 Å². The van der Waals surface area contributed by atoms with Crippen molar-refractivity contribution in [1.82, 2.24) is 29.8 Å². The van der Waals surface area contributed by atoms with Gasteiger partial charge in [-0.2, -0.15) is 0 Å². The quantitative estimate of drug-likeness (QED) is 0.564. The number of aromatic nitrogens is 5. The van der Waals surface area contributed by atoms with Gasteiger partial charge in [-0.3, -0.25) is 9.78 Å². The van der Waals surface area contributed by atoms with Crippen LogP contribution in [0.15, 0.2) is 31.0 Å². The molecule has 0 unspecified atom stereocenters. The second-order valence-corrected chi connectivity index (χ2v) is 7.79. The number of pyridine rings is 1. The Hall–Kier alpha value is -3.11. The summed E-state index contributed by atoms with van der Waals surface area (Å²) in [6.45, 7) is 1.80. The molecule has 0 saturated heterocycles. The van der Waals surface area contributed by atoms with Crippen molar-refractivity contribution in [2.75, 3.05) is 19.0 Å². The second kappa shape index (κ2) is 7.96. The van der Waals surface area contributed by atoms with Crippen molar-refractivity contribution in [3.05, 3.63) is 42.2 Å². The number of carbonyl (C=O) groups is 1. The maximum Gasteiger partial charge on any atom is 0.270 e. The Bertz CT molecular complexity index is 1070. The predicted molar refractivity (Wildman–Crippen MR) is 110 cm³/mol. The number of hydrogen-bond acceptors (Lipinski definition) is 8. The van der Waals surface area contributed by atoms with Crippen molar-refractivity contribution in [1.29, 1.82) is 0 Å². The zero-order valence-corrected chi connectivity index (χ0v) is 17.1. The average molecular weight is 411 g/mol. The summed E-state index contributed by atoms with van der Waals surface area (Å²) in [6, 6.07) is 2.57. The molecule has 3 aromatic heterocycles. The molecule has 3 N–H and O–H groups in total. The summed E-state index contributed by atoms with van der Waals surface area (Å²) >= 11 is 0. The lowest BCUT2D eigenvalue weighted by atomic mass is 9.85. The molecule has 3 heterocycles. The van der Waals surface area contributed by atoms with Gasteiger partial charge in [0.05, 0.1) is 18.4 Å². The SMILES string of the molecule is Cc1cccnc1C(=O)N[C@@H]1CC[C@@H](n2cnc3c(N(C)C)ncnc32)[C@@H](O)[C@@H]1O. The Kier molecular flexibility index (Phi) is 5.35. The highest BCUT2D eigenvalue weighted by molar-refractivity contribution is 5.93. The molecule has 3 aromatic rings. The van der Waals surface area contributed by atoms with E-state index in [-0.39, 0.29) is 5.91 Å². The largest absolute Gasteiger partial charge is 0.388 e. The van der Waals surface area contributed by atoms with E-state index < -0.39 is 24.3 Å². The van der Waals surface area contributed by atoms with Gasteiger partial charge in [0.25, 0.3) is 5.91 Å². The number of nitrogens with one attached hydrogen (secondary N) is 1. The number of imidazole rings is 1. The fraction of sp³-hybridized carbons (Fsp3) is 0.450. The molecule has 158 valence electrons. The van der Waals surface area contributed by atoms with Gasteiger partial charge in [0.2, 0.25) is 0 Å². The van der Waals surface area contributed by atoms with E-state index in [2.05, 4.69) is 25.3 Å². The second-order valence-electron chi connectivity index (χ2n) is 7.79. The molecule has 0 bridgehead atoms. The number of rotatable bonds is 4. The Morgan fingerprint density at radius 1 is 1.17 bits per heavy atom. The molecule has 4 atom stereocenters. The van der Waals surface area contributed by atoms with E-state index in [0.717, 1.165) is 5.56 Å². The predicted octanol–water partition coefficient (Wildman–Crippen LogP) is 0.451. The first kappa shape index (κ1) is 20.2. The van der Waals surface area contributed by atoms with Crippen molar-refractivity contribution in [2.24, 2.45) is 0 Å². The first-order valence-corrected chi connectivity index (χ1v) is 9.82. The van der Waals surface area contributed by atoms with Crippen LogP contribution in [0.25, 0.3) is 11.2 Å². The maximum atomic E-state index is 12.6. The van der Waals surface area contributed by atoms with E-state index in [1.54, 1.807) is 36.1 Å². The third kappa shape index (κ3) is 3.48. The lowest BCUT2D eigenvalue weighted by Crippen LogP contribution is -2.54. The van der Waals surface area contributed by atoms with Gasteiger partial charge in [-0.25, -0.2) is 15.0 Å². The summed E-state index contributed by atoms with van der Waals surface area (Å²) < 4.78 is 1.78. The fourth-order valence-corrected chi connectivity index (χ4v) is 3.99. The van der Waals surface area contributed by atoms with Crippen LogP contribution in [-0.2, 0) is 0 Å².